The molecule has 2 aliphatic heterocycles. The highest BCUT2D eigenvalue weighted by atomic mass is 16.5. The SMILES string of the molecule is CC(C)c1ccc2c(c1)[C@H]1O[C@@H](CN)CC[C@H]1[C@H](C1C=CC=CC1)N2. The molecule has 1 aromatic carbocycles. The van der Waals surface area contributed by atoms with Crippen molar-refractivity contribution in [2.75, 3.05) is 11.9 Å². The van der Waals surface area contributed by atoms with Gasteiger partial charge in [-0.25, -0.2) is 0 Å². The minimum Gasteiger partial charge on any atom is -0.381 e. The third-order valence-corrected chi connectivity index (χ3v) is 6.12. The summed E-state index contributed by atoms with van der Waals surface area (Å²) in [6.07, 6.45) is 12.7. The van der Waals surface area contributed by atoms with E-state index in [9.17, 15) is 0 Å². The van der Waals surface area contributed by atoms with E-state index in [1.807, 2.05) is 0 Å². The molecule has 4 rings (SSSR count). The normalized spacial score (nSPS) is 33.7. The average Bonchev–Trinajstić information content (AvgIpc) is 2.67. The molecule has 3 N–H and O–H groups in total. The Labute approximate surface area is 151 Å². The van der Waals surface area contributed by atoms with Crippen LogP contribution < -0.4 is 11.1 Å². The molecule has 1 saturated heterocycles. The van der Waals surface area contributed by atoms with Crippen LogP contribution in [-0.4, -0.2) is 18.7 Å². The lowest BCUT2D eigenvalue weighted by Crippen LogP contribution is -2.47. The van der Waals surface area contributed by atoms with Crippen LogP contribution in [0, 0.1) is 11.8 Å². The number of rotatable bonds is 3. The fourth-order valence-electron chi connectivity index (χ4n) is 4.64. The number of ether oxygens (including phenoxy) is 1. The fraction of sp³-hybridized carbons (Fsp3) is 0.545. The summed E-state index contributed by atoms with van der Waals surface area (Å²) in [5.41, 5.74) is 9.91. The first kappa shape index (κ1) is 16.9. The van der Waals surface area contributed by atoms with Gasteiger partial charge in [0.05, 0.1) is 12.2 Å². The van der Waals surface area contributed by atoms with Crippen LogP contribution in [0.2, 0.25) is 0 Å². The second kappa shape index (κ2) is 6.97. The smallest absolute Gasteiger partial charge is 0.0897 e. The molecule has 1 aliphatic carbocycles. The third-order valence-electron chi connectivity index (χ3n) is 6.12. The molecule has 3 heteroatoms. The number of hydrogen-bond donors (Lipinski definition) is 2. The lowest BCUT2D eigenvalue weighted by molar-refractivity contribution is -0.0911. The average molecular weight is 338 g/mol. The first-order chi connectivity index (χ1) is 12.2. The number of fused-ring (bicyclic) bond motifs is 3. The molecule has 0 spiro atoms. The molecule has 0 bridgehead atoms. The van der Waals surface area contributed by atoms with Crippen molar-refractivity contribution in [2.45, 2.75) is 57.3 Å². The van der Waals surface area contributed by atoms with Crippen molar-refractivity contribution in [1.29, 1.82) is 0 Å². The summed E-state index contributed by atoms with van der Waals surface area (Å²) < 4.78 is 6.51. The summed E-state index contributed by atoms with van der Waals surface area (Å²) in [7, 11) is 0. The predicted molar refractivity (Wildman–Crippen MR) is 104 cm³/mol. The van der Waals surface area contributed by atoms with Crippen molar-refractivity contribution >= 4 is 5.69 Å². The van der Waals surface area contributed by atoms with Gasteiger partial charge in [-0.3, -0.25) is 0 Å². The van der Waals surface area contributed by atoms with Gasteiger partial charge in [0, 0.05) is 35.7 Å². The zero-order valence-electron chi connectivity index (χ0n) is 15.3. The van der Waals surface area contributed by atoms with Gasteiger partial charge in [0.25, 0.3) is 0 Å². The maximum absolute atomic E-state index is 6.51. The maximum atomic E-state index is 6.51. The molecular formula is C22H30N2O. The zero-order valence-corrected chi connectivity index (χ0v) is 15.3. The Morgan fingerprint density at radius 1 is 1.24 bits per heavy atom. The lowest BCUT2D eigenvalue weighted by Gasteiger charge is -2.47. The minimum absolute atomic E-state index is 0.168. The van der Waals surface area contributed by atoms with Gasteiger partial charge in [-0.15, -0.1) is 0 Å². The van der Waals surface area contributed by atoms with E-state index in [4.69, 9.17) is 10.5 Å². The summed E-state index contributed by atoms with van der Waals surface area (Å²) in [5.74, 6) is 1.58. The quantitative estimate of drug-likeness (QED) is 0.851. The van der Waals surface area contributed by atoms with E-state index in [0.29, 0.717) is 30.3 Å². The summed E-state index contributed by atoms with van der Waals surface area (Å²) in [5, 5.41) is 3.87. The Balaban J connectivity index is 1.71. The molecule has 1 fully saturated rings. The van der Waals surface area contributed by atoms with Crippen LogP contribution in [0.25, 0.3) is 0 Å². The van der Waals surface area contributed by atoms with Crippen molar-refractivity contribution in [3.8, 4) is 0 Å². The van der Waals surface area contributed by atoms with E-state index in [2.05, 4.69) is 61.7 Å². The summed E-state index contributed by atoms with van der Waals surface area (Å²) >= 11 is 0. The highest BCUT2D eigenvalue weighted by molar-refractivity contribution is 5.58. The van der Waals surface area contributed by atoms with Crippen LogP contribution in [0.5, 0.6) is 0 Å². The number of nitrogens with two attached hydrogens (primary N) is 1. The van der Waals surface area contributed by atoms with Gasteiger partial charge >= 0.3 is 0 Å². The van der Waals surface area contributed by atoms with Gasteiger partial charge in [0.15, 0.2) is 0 Å². The zero-order chi connectivity index (χ0) is 17.4. The molecule has 0 radical (unpaired) electrons. The standard InChI is InChI=1S/C22H30N2O/c1-14(2)16-8-11-20-19(12-16)22-18(10-9-17(13-23)25-22)21(24-20)15-6-4-3-5-7-15/h3-6,8,11-12,14-15,17-18,21-22,24H,7,9-10,13,23H2,1-2H3/t15?,17-,18+,21+,22+/m1/s1. The van der Waals surface area contributed by atoms with Crippen molar-refractivity contribution in [3.05, 3.63) is 53.6 Å². The Kier molecular flexibility index (Phi) is 4.70. The summed E-state index contributed by atoms with van der Waals surface area (Å²) in [6, 6.07) is 7.30. The molecule has 1 unspecified atom stereocenters. The number of nitrogens with one attached hydrogen (secondary N) is 1. The van der Waals surface area contributed by atoms with Crippen molar-refractivity contribution in [2.24, 2.45) is 17.6 Å². The van der Waals surface area contributed by atoms with Gasteiger partial charge in [0.1, 0.15) is 0 Å². The first-order valence-corrected chi connectivity index (χ1v) is 9.76. The Hall–Kier alpha value is -1.58. The van der Waals surface area contributed by atoms with E-state index < -0.39 is 0 Å². The van der Waals surface area contributed by atoms with Gasteiger partial charge in [-0.1, -0.05) is 50.3 Å². The van der Waals surface area contributed by atoms with E-state index in [1.165, 1.54) is 23.2 Å². The highest BCUT2D eigenvalue weighted by Crippen LogP contribution is 2.48. The van der Waals surface area contributed by atoms with Crippen molar-refractivity contribution in [1.82, 2.24) is 0 Å². The molecule has 2 heterocycles. The predicted octanol–water partition coefficient (Wildman–Crippen LogP) is 4.53. The molecule has 0 aromatic heterocycles. The van der Waals surface area contributed by atoms with Crippen LogP contribution in [0.3, 0.4) is 0 Å². The van der Waals surface area contributed by atoms with E-state index in [-0.39, 0.29) is 12.2 Å². The molecule has 25 heavy (non-hydrogen) atoms. The van der Waals surface area contributed by atoms with Crippen molar-refractivity contribution < 1.29 is 4.74 Å². The Morgan fingerprint density at radius 2 is 2.12 bits per heavy atom. The van der Waals surface area contributed by atoms with Gasteiger partial charge in [0.2, 0.25) is 0 Å². The first-order valence-electron chi connectivity index (χ1n) is 9.76. The third kappa shape index (κ3) is 3.16. The molecule has 0 saturated carbocycles. The van der Waals surface area contributed by atoms with Crippen LogP contribution >= 0.6 is 0 Å². The number of hydrogen-bond acceptors (Lipinski definition) is 3. The van der Waals surface area contributed by atoms with Gasteiger partial charge in [-0.05, 0) is 36.8 Å². The number of benzene rings is 1. The molecule has 134 valence electrons. The molecule has 5 atom stereocenters. The second-order valence-corrected chi connectivity index (χ2v) is 8.04. The number of allylic oxidation sites excluding steroid dienone is 3. The molecule has 3 aliphatic rings. The van der Waals surface area contributed by atoms with Crippen LogP contribution in [-0.2, 0) is 4.74 Å². The molecular weight excluding hydrogens is 308 g/mol. The highest BCUT2D eigenvalue weighted by Gasteiger charge is 2.43. The van der Waals surface area contributed by atoms with E-state index in [1.54, 1.807) is 0 Å². The Morgan fingerprint density at radius 3 is 2.84 bits per heavy atom. The topological polar surface area (TPSA) is 47.3 Å². The lowest BCUT2D eigenvalue weighted by atomic mass is 9.72. The summed E-state index contributed by atoms with van der Waals surface area (Å²) in [6.45, 7) is 5.12. The van der Waals surface area contributed by atoms with E-state index in [0.717, 1.165) is 12.8 Å². The van der Waals surface area contributed by atoms with E-state index >= 15 is 0 Å². The van der Waals surface area contributed by atoms with Crippen LogP contribution in [0.4, 0.5) is 5.69 Å². The van der Waals surface area contributed by atoms with Crippen molar-refractivity contribution in [3.63, 3.8) is 0 Å². The largest absolute Gasteiger partial charge is 0.381 e. The molecule has 0 amide bonds. The Bertz CT molecular complexity index is 679. The van der Waals surface area contributed by atoms with Crippen LogP contribution in [0.1, 0.15) is 56.3 Å². The monoisotopic (exact) mass is 338 g/mol. The van der Waals surface area contributed by atoms with Crippen LogP contribution in [0.15, 0.2) is 42.5 Å². The maximum Gasteiger partial charge on any atom is 0.0897 e. The molecule has 3 nitrogen and oxygen atoms in total. The van der Waals surface area contributed by atoms with Gasteiger partial charge < -0.3 is 15.8 Å². The van der Waals surface area contributed by atoms with Gasteiger partial charge in [-0.2, -0.15) is 0 Å². The minimum atomic E-state index is 0.168. The number of anilines is 1. The summed E-state index contributed by atoms with van der Waals surface area (Å²) in [4.78, 5) is 0. The molecule has 1 aromatic rings. The second-order valence-electron chi connectivity index (χ2n) is 8.04. The fourth-order valence-corrected chi connectivity index (χ4v) is 4.64.